The third-order valence-electron chi connectivity index (χ3n) is 3.61. The van der Waals surface area contributed by atoms with Crippen LogP contribution in [0.2, 0.25) is 0 Å². The Morgan fingerprint density at radius 2 is 2.25 bits per heavy atom. The normalized spacial score (nSPS) is 18.2. The minimum atomic E-state index is -0.186. The zero-order valence-corrected chi connectivity index (χ0v) is 9.67. The number of benzene rings is 1. The van der Waals surface area contributed by atoms with Gasteiger partial charge in [-0.05, 0) is 42.5 Å². The first-order chi connectivity index (χ1) is 7.70. The van der Waals surface area contributed by atoms with Crippen molar-refractivity contribution in [3.8, 4) is 0 Å². The molecular weight excluding hydrogens is 203 g/mol. The number of nitrogens with one attached hydrogen (secondary N) is 1. The highest BCUT2D eigenvalue weighted by Crippen LogP contribution is 2.35. The van der Waals surface area contributed by atoms with Crippen LogP contribution in [0.3, 0.4) is 0 Å². The maximum absolute atomic E-state index is 13.2. The van der Waals surface area contributed by atoms with Crippen molar-refractivity contribution in [2.24, 2.45) is 11.8 Å². The van der Waals surface area contributed by atoms with E-state index in [9.17, 15) is 4.39 Å². The van der Waals surface area contributed by atoms with Crippen LogP contribution in [0.25, 0.3) is 0 Å². The zero-order chi connectivity index (χ0) is 11.5. The molecule has 0 heterocycles. The molecule has 1 saturated carbocycles. The summed E-state index contributed by atoms with van der Waals surface area (Å²) >= 11 is 0. The van der Waals surface area contributed by atoms with Crippen LogP contribution >= 0.6 is 0 Å². The topological polar surface area (TPSA) is 38.0 Å². The van der Waals surface area contributed by atoms with Gasteiger partial charge in [-0.25, -0.2) is 4.39 Å². The van der Waals surface area contributed by atoms with Gasteiger partial charge in [0.1, 0.15) is 5.82 Å². The van der Waals surface area contributed by atoms with E-state index in [0.717, 1.165) is 23.5 Å². The highest BCUT2D eigenvalue weighted by molar-refractivity contribution is 5.29. The van der Waals surface area contributed by atoms with Crippen LogP contribution in [0, 0.1) is 18.7 Å². The van der Waals surface area contributed by atoms with E-state index in [4.69, 9.17) is 5.84 Å². The molecule has 0 aromatic heterocycles. The predicted octanol–water partition coefficient (Wildman–Crippen LogP) is 2.83. The number of aryl methyl sites for hydroxylation is 1. The summed E-state index contributed by atoms with van der Waals surface area (Å²) < 4.78 is 13.2. The minimum absolute atomic E-state index is 0.0843. The molecule has 1 atom stereocenters. The van der Waals surface area contributed by atoms with Crippen molar-refractivity contribution in [1.82, 2.24) is 5.43 Å². The second-order valence-electron chi connectivity index (χ2n) is 4.75. The lowest BCUT2D eigenvalue weighted by atomic mass is 9.79. The predicted molar refractivity (Wildman–Crippen MR) is 63.2 cm³/mol. The van der Waals surface area contributed by atoms with Gasteiger partial charge in [0.25, 0.3) is 0 Å². The Hall–Kier alpha value is -0.930. The van der Waals surface area contributed by atoms with E-state index in [0.29, 0.717) is 0 Å². The van der Waals surface area contributed by atoms with Gasteiger partial charge in [-0.2, -0.15) is 0 Å². The monoisotopic (exact) mass is 222 g/mol. The van der Waals surface area contributed by atoms with E-state index in [-0.39, 0.29) is 11.9 Å². The molecule has 1 unspecified atom stereocenters. The summed E-state index contributed by atoms with van der Waals surface area (Å²) in [4.78, 5) is 0. The molecule has 1 aliphatic carbocycles. The van der Waals surface area contributed by atoms with Gasteiger partial charge in [0.05, 0.1) is 0 Å². The van der Waals surface area contributed by atoms with Crippen LogP contribution in [-0.2, 0) is 0 Å². The smallest absolute Gasteiger partial charge is 0.123 e. The summed E-state index contributed by atoms with van der Waals surface area (Å²) in [5, 5.41) is 0. The average molecular weight is 222 g/mol. The van der Waals surface area contributed by atoms with Crippen molar-refractivity contribution in [2.45, 2.75) is 38.6 Å². The highest BCUT2D eigenvalue weighted by atomic mass is 19.1. The van der Waals surface area contributed by atoms with E-state index in [1.165, 1.54) is 25.3 Å². The summed E-state index contributed by atoms with van der Waals surface area (Å²) in [5.74, 6) is 6.15. The van der Waals surface area contributed by atoms with Crippen molar-refractivity contribution in [1.29, 1.82) is 0 Å². The lowest BCUT2D eigenvalue weighted by molar-refractivity contribution is 0.261. The lowest BCUT2D eigenvalue weighted by Crippen LogP contribution is -2.31. The molecule has 88 valence electrons. The fourth-order valence-corrected chi connectivity index (χ4v) is 2.33. The molecule has 0 radical (unpaired) electrons. The molecular formula is C13H19FN2. The fraction of sp³-hybridized carbons (Fsp3) is 0.538. The molecule has 0 saturated heterocycles. The van der Waals surface area contributed by atoms with Crippen LogP contribution < -0.4 is 11.3 Å². The highest BCUT2D eigenvalue weighted by Gasteiger charge is 2.23. The van der Waals surface area contributed by atoms with Gasteiger partial charge >= 0.3 is 0 Å². The fourth-order valence-electron chi connectivity index (χ4n) is 2.33. The molecule has 1 fully saturated rings. The van der Waals surface area contributed by atoms with E-state index in [1.807, 2.05) is 13.0 Å². The van der Waals surface area contributed by atoms with E-state index in [1.54, 1.807) is 6.07 Å². The summed E-state index contributed by atoms with van der Waals surface area (Å²) in [6.07, 6.45) is 4.91. The first kappa shape index (κ1) is 11.6. The Morgan fingerprint density at radius 3 is 2.81 bits per heavy atom. The number of hydrogen-bond acceptors (Lipinski definition) is 2. The molecule has 0 aliphatic heterocycles. The Balaban J connectivity index is 2.14. The van der Waals surface area contributed by atoms with E-state index < -0.39 is 0 Å². The standard InChI is InChI=1S/C13H19FN2/c1-9-5-6-11(14)8-12(9)13(16-15)7-10-3-2-4-10/h5-6,8,10,13,16H,2-4,7,15H2,1H3. The van der Waals surface area contributed by atoms with Gasteiger partial charge in [0.15, 0.2) is 0 Å². The number of nitrogens with two attached hydrogens (primary N) is 1. The number of rotatable bonds is 4. The van der Waals surface area contributed by atoms with Gasteiger partial charge in [-0.3, -0.25) is 11.3 Å². The molecule has 2 rings (SSSR count). The molecule has 3 heteroatoms. The Bertz CT molecular complexity index is 361. The summed E-state index contributed by atoms with van der Waals surface area (Å²) in [6, 6.07) is 4.99. The number of hydrazine groups is 1. The van der Waals surface area contributed by atoms with Crippen LogP contribution in [0.4, 0.5) is 4.39 Å². The maximum atomic E-state index is 13.2. The molecule has 1 aromatic carbocycles. The molecule has 1 aliphatic rings. The van der Waals surface area contributed by atoms with Gasteiger partial charge in [-0.1, -0.05) is 25.3 Å². The summed E-state index contributed by atoms with van der Waals surface area (Å²) in [5.41, 5.74) is 4.91. The molecule has 0 bridgehead atoms. The second-order valence-corrected chi connectivity index (χ2v) is 4.75. The third kappa shape index (κ3) is 2.42. The van der Waals surface area contributed by atoms with Crippen molar-refractivity contribution >= 4 is 0 Å². The van der Waals surface area contributed by atoms with Crippen molar-refractivity contribution in [3.63, 3.8) is 0 Å². The minimum Gasteiger partial charge on any atom is -0.271 e. The number of hydrogen-bond donors (Lipinski definition) is 2. The SMILES string of the molecule is Cc1ccc(F)cc1C(CC1CCC1)NN. The molecule has 0 amide bonds. The van der Waals surface area contributed by atoms with Gasteiger partial charge in [0.2, 0.25) is 0 Å². The van der Waals surface area contributed by atoms with Crippen molar-refractivity contribution < 1.29 is 4.39 Å². The molecule has 16 heavy (non-hydrogen) atoms. The van der Waals surface area contributed by atoms with Crippen molar-refractivity contribution in [3.05, 3.63) is 35.1 Å². The lowest BCUT2D eigenvalue weighted by Gasteiger charge is -2.30. The molecule has 3 N–H and O–H groups in total. The Labute approximate surface area is 96.0 Å². The molecule has 0 spiro atoms. The van der Waals surface area contributed by atoms with Gasteiger partial charge in [0, 0.05) is 6.04 Å². The summed E-state index contributed by atoms with van der Waals surface area (Å²) in [7, 11) is 0. The third-order valence-corrected chi connectivity index (χ3v) is 3.61. The van der Waals surface area contributed by atoms with Crippen LogP contribution in [-0.4, -0.2) is 0 Å². The van der Waals surface area contributed by atoms with Crippen LogP contribution in [0.1, 0.15) is 42.9 Å². The van der Waals surface area contributed by atoms with Crippen molar-refractivity contribution in [2.75, 3.05) is 0 Å². The second kappa shape index (κ2) is 4.93. The summed E-state index contributed by atoms with van der Waals surface area (Å²) in [6.45, 7) is 2.00. The van der Waals surface area contributed by atoms with Crippen LogP contribution in [0.15, 0.2) is 18.2 Å². The zero-order valence-electron chi connectivity index (χ0n) is 9.67. The maximum Gasteiger partial charge on any atom is 0.123 e. The largest absolute Gasteiger partial charge is 0.271 e. The van der Waals surface area contributed by atoms with E-state index in [2.05, 4.69) is 5.43 Å². The quantitative estimate of drug-likeness (QED) is 0.607. The molecule has 1 aromatic rings. The first-order valence-electron chi connectivity index (χ1n) is 5.93. The van der Waals surface area contributed by atoms with Crippen LogP contribution in [0.5, 0.6) is 0 Å². The van der Waals surface area contributed by atoms with E-state index >= 15 is 0 Å². The average Bonchev–Trinajstić information content (AvgIpc) is 2.21. The van der Waals surface area contributed by atoms with Gasteiger partial charge in [-0.15, -0.1) is 0 Å². The Kier molecular flexibility index (Phi) is 3.56. The first-order valence-corrected chi connectivity index (χ1v) is 5.93. The molecule has 2 nitrogen and oxygen atoms in total. The number of halogens is 1. The van der Waals surface area contributed by atoms with Gasteiger partial charge < -0.3 is 0 Å². The Morgan fingerprint density at radius 1 is 1.50 bits per heavy atom.